The molecule has 0 unspecified atom stereocenters. The third-order valence-electron chi connectivity index (χ3n) is 4.48. The van der Waals surface area contributed by atoms with Gasteiger partial charge in [-0.05, 0) is 26.2 Å². The number of ether oxygens (including phenoxy) is 1. The number of nitrogens with one attached hydrogen (secondary N) is 2. The van der Waals surface area contributed by atoms with Crippen LogP contribution in [0.5, 0.6) is 0 Å². The zero-order chi connectivity index (χ0) is 17.3. The summed E-state index contributed by atoms with van der Waals surface area (Å²) in [5, 5.41) is 8.04. The average molecular weight is 353 g/mol. The molecule has 0 spiro atoms. The molecule has 1 heterocycles. The highest BCUT2D eigenvalue weighted by atomic mass is 32.1. The summed E-state index contributed by atoms with van der Waals surface area (Å²) in [6.07, 6.45) is 10.1. The first kappa shape index (κ1) is 19.2. The summed E-state index contributed by atoms with van der Waals surface area (Å²) in [5.41, 5.74) is -0.0156. The topological polar surface area (TPSA) is 58.5 Å². The highest BCUT2D eigenvalue weighted by molar-refractivity contribution is 7.11. The van der Waals surface area contributed by atoms with Crippen LogP contribution in [0.25, 0.3) is 0 Å². The molecule has 0 radical (unpaired) electrons. The van der Waals surface area contributed by atoms with Crippen LogP contribution in [-0.2, 0) is 11.2 Å². The molecule has 1 fully saturated rings. The second-order valence-corrected chi connectivity index (χ2v) is 7.88. The maximum atomic E-state index is 6.24. The molecule has 0 aliphatic heterocycles. The SMILES string of the molecule is CCCOC1(CNC(=NC)NCCc2ncc(C)s2)CCCCC1. The Hall–Kier alpha value is -1.14. The molecule has 0 aromatic carbocycles. The lowest BCUT2D eigenvalue weighted by Gasteiger charge is -2.37. The van der Waals surface area contributed by atoms with Gasteiger partial charge in [0.2, 0.25) is 0 Å². The van der Waals surface area contributed by atoms with Crippen LogP contribution in [0.3, 0.4) is 0 Å². The van der Waals surface area contributed by atoms with E-state index in [1.807, 2.05) is 13.2 Å². The Balaban J connectivity index is 1.78. The Morgan fingerprint density at radius 1 is 1.33 bits per heavy atom. The first-order chi connectivity index (χ1) is 11.7. The van der Waals surface area contributed by atoms with Gasteiger partial charge in [0.15, 0.2) is 5.96 Å². The van der Waals surface area contributed by atoms with Crippen molar-refractivity contribution in [1.29, 1.82) is 0 Å². The lowest BCUT2D eigenvalue weighted by Crippen LogP contribution is -2.50. The van der Waals surface area contributed by atoms with Crippen molar-refractivity contribution in [1.82, 2.24) is 15.6 Å². The number of aryl methyl sites for hydroxylation is 1. The monoisotopic (exact) mass is 352 g/mol. The fraction of sp³-hybridized carbons (Fsp3) is 0.778. The fourth-order valence-electron chi connectivity index (χ4n) is 3.16. The molecule has 136 valence electrons. The van der Waals surface area contributed by atoms with Gasteiger partial charge in [-0.2, -0.15) is 0 Å². The van der Waals surface area contributed by atoms with Gasteiger partial charge in [-0.1, -0.05) is 26.2 Å². The van der Waals surface area contributed by atoms with E-state index < -0.39 is 0 Å². The summed E-state index contributed by atoms with van der Waals surface area (Å²) in [6.45, 7) is 6.79. The van der Waals surface area contributed by atoms with Gasteiger partial charge in [-0.3, -0.25) is 4.99 Å². The smallest absolute Gasteiger partial charge is 0.191 e. The van der Waals surface area contributed by atoms with Crippen molar-refractivity contribution in [2.45, 2.75) is 64.4 Å². The number of aromatic nitrogens is 1. The van der Waals surface area contributed by atoms with E-state index in [1.165, 1.54) is 29.1 Å². The molecule has 1 saturated carbocycles. The van der Waals surface area contributed by atoms with Crippen LogP contribution in [0.1, 0.15) is 55.3 Å². The predicted molar refractivity (Wildman–Crippen MR) is 102 cm³/mol. The number of nitrogens with zero attached hydrogens (tertiary/aromatic N) is 2. The highest BCUT2D eigenvalue weighted by Gasteiger charge is 2.32. The van der Waals surface area contributed by atoms with Crippen LogP contribution in [0, 0.1) is 6.92 Å². The maximum absolute atomic E-state index is 6.24. The number of rotatable bonds is 8. The average Bonchev–Trinajstić information content (AvgIpc) is 3.02. The highest BCUT2D eigenvalue weighted by Crippen LogP contribution is 2.31. The molecule has 1 aliphatic carbocycles. The van der Waals surface area contributed by atoms with E-state index in [4.69, 9.17) is 4.74 Å². The van der Waals surface area contributed by atoms with Gasteiger partial charge in [0.25, 0.3) is 0 Å². The molecule has 0 bridgehead atoms. The van der Waals surface area contributed by atoms with E-state index in [1.54, 1.807) is 11.3 Å². The summed E-state index contributed by atoms with van der Waals surface area (Å²) in [6, 6.07) is 0. The molecule has 1 aromatic heterocycles. The molecule has 0 saturated heterocycles. The molecule has 0 amide bonds. The third kappa shape index (κ3) is 6.06. The van der Waals surface area contributed by atoms with E-state index in [9.17, 15) is 0 Å². The second kappa shape index (κ2) is 9.99. The Morgan fingerprint density at radius 3 is 2.75 bits per heavy atom. The van der Waals surface area contributed by atoms with Crippen molar-refractivity contribution in [3.63, 3.8) is 0 Å². The molecule has 2 N–H and O–H groups in total. The molecule has 0 atom stereocenters. The van der Waals surface area contributed by atoms with Crippen molar-refractivity contribution < 1.29 is 4.74 Å². The van der Waals surface area contributed by atoms with Crippen molar-refractivity contribution >= 4 is 17.3 Å². The largest absolute Gasteiger partial charge is 0.373 e. The Kier molecular flexibility index (Phi) is 7.99. The number of aliphatic imine (C=N–C) groups is 1. The molecule has 24 heavy (non-hydrogen) atoms. The predicted octanol–water partition coefficient (Wildman–Crippen LogP) is 3.29. The third-order valence-corrected chi connectivity index (χ3v) is 5.45. The van der Waals surface area contributed by atoms with Crippen molar-refractivity contribution in [2.75, 3.05) is 26.7 Å². The summed E-state index contributed by atoms with van der Waals surface area (Å²) in [5.74, 6) is 0.855. The van der Waals surface area contributed by atoms with Crippen LogP contribution >= 0.6 is 11.3 Å². The number of thiazole rings is 1. The van der Waals surface area contributed by atoms with Gasteiger partial charge >= 0.3 is 0 Å². The van der Waals surface area contributed by atoms with E-state index in [0.29, 0.717) is 0 Å². The summed E-state index contributed by atoms with van der Waals surface area (Å²) in [4.78, 5) is 10.0. The quantitative estimate of drug-likeness (QED) is 0.557. The second-order valence-electron chi connectivity index (χ2n) is 6.56. The van der Waals surface area contributed by atoms with E-state index in [0.717, 1.165) is 51.3 Å². The fourth-order valence-corrected chi connectivity index (χ4v) is 3.94. The zero-order valence-electron chi connectivity index (χ0n) is 15.4. The molecular formula is C18H32N4OS. The Morgan fingerprint density at radius 2 is 2.12 bits per heavy atom. The molecule has 6 heteroatoms. The lowest BCUT2D eigenvalue weighted by molar-refractivity contribution is -0.0657. The van der Waals surface area contributed by atoms with Crippen LogP contribution in [0.4, 0.5) is 0 Å². The normalized spacial score (nSPS) is 17.7. The first-order valence-electron chi connectivity index (χ1n) is 9.17. The van der Waals surface area contributed by atoms with E-state index in [-0.39, 0.29) is 5.60 Å². The molecule has 1 aromatic rings. The van der Waals surface area contributed by atoms with Gasteiger partial charge in [-0.15, -0.1) is 11.3 Å². The first-order valence-corrected chi connectivity index (χ1v) is 9.99. The molecule has 5 nitrogen and oxygen atoms in total. The Labute approximate surface area is 150 Å². The van der Waals surface area contributed by atoms with Crippen molar-refractivity contribution in [3.05, 3.63) is 16.1 Å². The van der Waals surface area contributed by atoms with Crippen molar-refractivity contribution in [3.8, 4) is 0 Å². The zero-order valence-corrected chi connectivity index (χ0v) is 16.2. The van der Waals surface area contributed by atoms with Gasteiger partial charge in [0, 0.05) is 44.2 Å². The van der Waals surface area contributed by atoms with Crippen LogP contribution in [0.2, 0.25) is 0 Å². The lowest BCUT2D eigenvalue weighted by atomic mass is 9.84. The van der Waals surface area contributed by atoms with Gasteiger partial charge in [0.05, 0.1) is 10.6 Å². The number of guanidine groups is 1. The molecular weight excluding hydrogens is 320 g/mol. The van der Waals surface area contributed by atoms with Crippen molar-refractivity contribution in [2.24, 2.45) is 4.99 Å². The van der Waals surface area contributed by atoms with Crippen LogP contribution in [-0.4, -0.2) is 43.3 Å². The van der Waals surface area contributed by atoms with Gasteiger partial charge < -0.3 is 15.4 Å². The minimum absolute atomic E-state index is 0.0156. The van der Waals surface area contributed by atoms with E-state index >= 15 is 0 Å². The maximum Gasteiger partial charge on any atom is 0.191 e. The van der Waals surface area contributed by atoms with Gasteiger partial charge in [-0.25, -0.2) is 4.98 Å². The molecule has 2 rings (SSSR count). The minimum atomic E-state index is -0.0156. The minimum Gasteiger partial charge on any atom is -0.373 e. The number of hydrogen-bond acceptors (Lipinski definition) is 4. The van der Waals surface area contributed by atoms with E-state index in [2.05, 4.69) is 34.5 Å². The van der Waals surface area contributed by atoms with Gasteiger partial charge in [0.1, 0.15) is 0 Å². The van der Waals surface area contributed by atoms with Crippen LogP contribution in [0.15, 0.2) is 11.2 Å². The molecule has 1 aliphatic rings. The summed E-state index contributed by atoms with van der Waals surface area (Å²) in [7, 11) is 1.82. The summed E-state index contributed by atoms with van der Waals surface area (Å²) < 4.78 is 6.24. The standard InChI is InChI=1S/C18H32N4OS/c1-4-12-23-18(9-6-5-7-10-18)14-22-17(19-3)20-11-8-16-21-13-15(2)24-16/h13H,4-12,14H2,1-3H3,(H2,19,20,22). The van der Waals surface area contributed by atoms with Crippen LogP contribution < -0.4 is 10.6 Å². The number of hydrogen-bond donors (Lipinski definition) is 2. The Bertz CT molecular complexity index is 509. The summed E-state index contributed by atoms with van der Waals surface area (Å²) >= 11 is 1.76.